The van der Waals surface area contributed by atoms with Crippen LogP contribution >= 0.6 is 0 Å². The maximum Gasteiger partial charge on any atom is 0.224 e. The van der Waals surface area contributed by atoms with E-state index in [4.69, 9.17) is 4.98 Å². The van der Waals surface area contributed by atoms with Crippen molar-refractivity contribution in [1.82, 2.24) is 30.1 Å². The van der Waals surface area contributed by atoms with E-state index in [0.29, 0.717) is 67.9 Å². The number of H-pyrrole nitrogens is 2. The number of aromatic nitrogens is 6. The molecule has 0 unspecified atom stereocenters. The zero-order chi connectivity index (χ0) is 26.2. The molecule has 0 bridgehead atoms. The van der Waals surface area contributed by atoms with E-state index in [9.17, 15) is 9.18 Å². The van der Waals surface area contributed by atoms with Crippen LogP contribution < -0.4 is 5.32 Å². The van der Waals surface area contributed by atoms with Gasteiger partial charge in [-0.1, -0.05) is 19.1 Å². The molecule has 0 fully saturated rings. The first kappa shape index (κ1) is 23.4. The summed E-state index contributed by atoms with van der Waals surface area (Å²) in [5.41, 5.74) is 4.67. The topological polar surface area (TPSA) is 112 Å². The maximum absolute atomic E-state index is 15.1. The number of carbonyl (C=O) groups excluding carboxylic acids is 1. The Morgan fingerprint density at radius 1 is 1.00 bits per heavy atom. The number of nitrogens with zero attached hydrogens (tertiary/aromatic N) is 4. The predicted octanol–water partition coefficient (Wildman–Crippen LogP) is 6.25. The normalized spacial score (nSPS) is 11.3. The van der Waals surface area contributed by atoms with E-state index in [2.05, 4.69) is 30.5 Å². The van der Waals surface area contributed by atoms with Crippen molar-refractivity contribution in [2.45, 2.75) is 19.8 Å². The van der Waals surface area contributed by atoms with E-state index >= 15 is 4.39 Å². The standard InChI is InChI=1S/C28H21F2N7O/c1-2-4-24(38)33-18-10-16(13-31-14-18)19-11-20-23(12-21(19)30)36-37-26(20)28-34-22-7-8-32-25(27(22)35-28)15-5-3-6-17(29)9-15/h3,5-14H,2,4H2,1H3,(H,33,38)(H,34,35)(H,36,37). The zero-order valence-corrected chi connectivity index (χ0v) is 20.2. The molecule has 0 spiro atoms. The maximum atomic E-state index is 15.1. The van der Waals surface area contributed by atoms with Gasteiger partial charge in [0.05, 0.1) is 28.6 Å². The smallest absolute Gasteiger partial charge is 0.224 e. The van der Waals surface area contributed by atoms with Crippen LogP contribution in [-0.4, -0.2) is 36.0 Å². The molecule has 0 aliphatic heterocycles. The molecule has 8 nitrogen and oxygen atoms in total. The van der Waals surface area contributed by atoms with Crippen molar-refractivity contribution in [3.05, 3.63) is 78.8 Å². The fraction of sp³-hybridized carbons (Fsp3) is 0.107. The minimum absolute atomic E-state index is 0.128. The molecule has 4 aromatic heterocycles. The number of carbonyl (C=O) groups is 1. The molecule has 0 saturated heterocycles. The summed E-state index contributed by atoms with van der Waals surface area (Å²) in [4.78, 5) is 28.6. The molecule has 38 heavy (non-hydrogen) atoms. The molecule has 2 aromatic carbocycles. The summed E-state index contributed by atoms with van der Waals surface area (Å²) in [6.07, 6.45) is 5.79. The van der Waals surface area contributed by atoms with Crippen LogP contribution in [0.4, 0.5) is 14.5 Å². The number of aromatic amines is 2. The summed E-state index contributed by atoms with van der Waals surface area (Å²) in [6.45, 7) is 1.92. The van der Waals surface area contributed by atoms with E-state index in [1.54, 1.807) is 36.5 Å². The third-order valence-electron chi connectivity index (χ3n) is 6.18. The van der Waals surface area contributed by atoms with Crippen molar-refractivity contribution in [2.75, 3.05) is 5.32 Å². The second kappa shape index (κ2) is 9.47. The third-order valence-corrected chi connectivity index (χ3v) is 6.18. The Labute approximate surface area is 215 Å². The highest BCUT2D eigenvalue weighted by Gasteiger charge is 2.18. The number of imidazole rings is 1. The van der Waals surface area contributed by atoms with Crippen LogP contribution in [0.3, 0.4) is 0 Å². The number of rotatable bonds is 6. The summed E-state index contributed by atoms with van der Waals surface area (Å²) in [7, 11) is 0. The monoisotopic (exact) mass is 509 g/mol. The lowest BCUT2D eigenvalue weighted by Gasteiger charge is -2.08. The van der Waals surface area contributed by atoms with Gasteiger partial charge in [0.1, 0.15) is 22.8 Å². The summed E-state index contributed by atoms with van der Waals surface area (Å²) >= 11 is 0. The molecule has 0 aliphatic carbocycles. The molecule has 3 N–H and O–H groups in total. The van der Waals surface area contributed by atoms with Gasteiger partial charge in [0, 0.05) is 47.0 Å². The van der Waals surface area contributed by atoms with Crippen molar-refractivity contribution >= 4 is 33.5 Å². The number of pyridine rings is 2. The van der Waals surface area contributed by atoms with Crippen LogP contribution in [0.2, 0.25) is 0 Å². The van der Waals surface area contributed by atoms with Crippen LogP contribution in [0.1, 0.15) is 19.8 Å². The van der Waals surface area contributed by atoms with Crippen molar-refractivity contribution in [2.24, 2.45) is 0 Å². The highest BCUT2D eigenvalue weighted by Crippen LogP contribution is 2.34. The lowest BCUT2D eigenvalue weighted by Crippen LogP contribution is -2.10. The molecule has 0 atom stereocenters. The fourth-order valence-corrected chi connectivity index (χ4v) is 4.44. The summed E-state index contributed by atoms with van der Waals surface area (Å²) < 4.78 is 29.0. The zero-order valence-electron chi connectivity index (χ0n) is 20.2. The molecular formula is C28H21F2N7O. The van der Waals surface area contributed by atoms with Crippen LogP contribution in [0.25, 0.3) is 55.8 Å². The molecule has 188 valence electrons. The largest absolute Gasteiger partial charge is 0.336 e. The molecule has 0 aliphatic rings. The van der Waals surface area contributed by atoms with Gasteiger partial charge in [-0.05, 0) is 36.8 Å². The Hall–Kier alpha value is -4.99. The lowest BCUT2D eigenvalue weighted by atomic mass is 10.0. The van der Waals surface area contributed by atoms with E-state index in [1.165, 1.54) is 30.6 Å². The number of anilines is 1. The number of amides is 1. The van der Waals surface area contributed by atoms with Crippen LogP contribution in [-0.2, 0) is 4.79 Å². The molecular weight excluding hydrogens is 488 g/mol. The first-order valence-corrected chi connectivity index (χ1v) is 12.0. The number of halogens is 2. The Morgan fingerprint density at radius 3 is 2.74 bits per heavy atom. The molecule has 4 heterocycles. The summed E-state index contributed by atoms with van der Waals surface area (Å²) in [5, 5.41) is 10.7. The molecule has 0 saturated carbocycles. The minimum Gasteiger partial charge on any atom is -0.336 e. The first-order chi connectivity index (χ1) is 18.5. The van der Waals surface area contributed by atoms with Crippen molar-refractivity contribution in [3.8, 4) is 33.9 Å². The Balaban J connectivity index is 1.43. The molecule has 6 rings (SSSR count). The first-order valence-electron chi connectivity index (χ1n) is 12.0. The number of nitrogens with one attached hydrogen (secondary N) is 3. The third kappa shape index (κ3) is 4.26. The van der Waals surface area contributed by atoms with E-state index in [0.717, 1.165) is 6.42 Å². The van der Waals surface area contributed by atoms with Gasteiger partial charge in [0.15, 0.2) is 5.82 Å². The predicted molar refractivity (Wildman–Crippen MR) is 141 cm³/mol. The molecule has 0 radical (unpaired) electrons. The van der Waals surface area contributed by atoms with Gasteiger partial charge in [0.25, 0.3) is 0 Å². The van der Waals surface area contributed by atoms with E-state index in [-0.39, 0.29) is 11.7 Å². The van der Waals surface area contributed by atoms with Gasteiger partial charge in [-0.2, -0.15) is 5.10 Å². The average molecular weight is 510 g/mol. The van der Waals surface area contributed by atoms with Gasteiger partial charge in [-0.3, -0.25) is 19.9 Å². The minimum atomic E-state index is -0.464. The Bertz CT molecular complexity index is 1830. The highest BCUT2D eigenvalue weighted by molar-refractivity contribution is 5.98. The molecule has 6 aromatic rings. The quantitative estimate of drug-likeness (QED) is 0.246. The molecule has 1 amide bonds. The Kier molecular flexibility index (Phi) is 5.83. The lowest BCUT2D eigenvalue weighted by molar-refractivity contribution is -0.116. The highest BCUT2D eigenvalue weighted by atomic mass is 19.1. The number of hydrogen-bond acceptors (Lipinski definition) is 5. The van der Waals surface area contributed by atoms with Crippen LogP contribution in [0.15, 0.2) is 67.1 Å². The van der Waals surface area contributed by atoms with Crippen LogP contribution in [0.5, 0.6) is 0 Å². The molecule has 10 heteroatoms. The average Bonchev–Trinajstić information content (AvgIpc) is 3.52. The number of fused-ring (bicyclic) bond motifs is 2. The van der Waals surface area contributed by atoms with E-state index in [1.807, 2.05) is 6.92 Å². The van der Waals surface area contributed by atoms with Gasteiger partial charge < -0.3 is 10.3 Å². The second-order valence-electron chi connectivity index (χ2n) is 8.86. The van der Waals surface area contributed by atoms with Crippen molar-refractivity contribution < 1.29 is 13.6 Å². The van der Waals surface area contributed by atoms with Gasteiger partial charge in [0.2, 0.25) is 5.91 Å². The van der Waals surface area contributed by atoms with Gasteiger partial charge in [-0.25, -0.2) is 13.8 Å². The van der Waals surface area contributed by atoms with E-state index < -0.39 is 5.82 Å². The Morgan fingerprint density at radius 2 is 1.89 bits per heavy atom. The second-order valence-corrected chi connectivity index (χ2v) is 8.86. The number of benzene rings is 2. The van der Waals surface area contributed by atoms with Crippen molar-refractivity contribution in [3.63, 3.8) is 0 Å². The fourth-order valence-electron chi connectivity index (χ4n) is 4.44. The van der Waals surface area contributed by atoms with Gasteiger partial charge in [-0.15, -0.1) is 0 Å². The van der Waals surface area contributed by atoms with Crippen LogP contribution in [0, 0.1) is 11.6 Å². The van der Waals surface area contributed by atoms with Crippen molar-refractivity contribution in [1.29, 1.82) is 0 Å². The summed E-state index contributed by atoms with van der Waals surface area (Å²) in [6, 6.07) is 12.7. The SMILES string of the molecule is CCCC(=O)Nc1cncc(-c2cc3c(-c4nc5c(-c6cccc(F)c6)nccc5[nH]4)n[nH]c3cc2F)c1. The summed E-state index contributed by atoms with van der Waals surface area (Å²) in [5.74, 6) is -0.508. The number of hydrogen-bond donors (Lipinski definition) is 3. The van der Waals surface area contributed by atoms with Gasteiger partial charge >= 0.3 is 0 Å².